The number of aliphatic hydroxyl groups is 1. The first-order chi connectivity index (χ1) is 14.0. The first-order valence-electron chi connectivity index (χ1n) is 11.8. The van der Waals surface area contributed by atoms with Gasteiger partial charge < -0.3 is 28.8 Å². The second kappa shape index (κ2) is 15.5. The summed E-state index contributed by atoms with van der Waals surface area (Å²) in [5.41, 5.74) is 0. The lowest BCUT2D eigenvalue weighted by Crippen LogP contribution is -2.66. The lowest BCUT2D eigenvalue weighted by molar-refractivity contribution is -0.359. The Hall–Kier alpha value is -0.240. The van der Waals surface area contributed by atoms with Crippen LogP contribution in [0.25, 0.3) is 0 Å². The average molecular weight is 419 g/mol. The van der Waals surface area contributed by atoms with Crippen molar-refractivity contribution in [1.29, 1.82) is 0 Å². The van der Waals surface area contributed by atoms with Crippen molar-refractivity contribution >= 4 is 0 Å². The van der Waals surface area contributed by atoms with Gasteiger partial charge in [-0.05, 0) is 32.6 Å². The first kappa shape index (κ1) is 26.8. The molecule has 6 heteroatoms. The van der Waals surface area contributed by atoms with Crippen molar-refractivity contribution < 1.29 is 28.8 Å². The summed E-state index contributed by atoms with van der Waals surface area (Å²) in [5.74, 6) is -1.45. The maximum absolute atomic E-state index is 11.1. The molecule has 1 aliphatic heterocycles. The monoisotopic (exact) mass is 418 g/mol. The van der Waals surface area contributed by atoms with Crippen LogP contribution in [0.2, 0.25) is 0 Å². The van der Waals surface area contributed by atoms with Crippen molar-refractivity contribution in [3.05, 3.63) is 0 Å². The Labute approximate surface area is 178 Å². The topological polar surface area (TPSA) is 66.4 Å². The second-order valence-corrected chi connectivity index (χ2v) is 8.16. The van der Waals surface area contributed by atoms with E-state index in [9.17, 15) is 5.11 Å². The molecule has 0 aromatic heterocycles. The smallest absolute Gasteiger partial charge is 0.192 e. The van der Waals surface area contributed by atoms with Gasteiger partial charge in [-0.2, -0.15) is 0 Å². The van der Waals surface area contributed by atoms with Gasteiger partial charge in [-0.25, -0.2) is 0 Å². The Balaban J connectivity index is 2.96. The fraction of sp³-hybridized carbons (Fsp3) is 1.00. The van der Waals surface area contributed by atoms with Gasteiger partial charge in [0, 0.05) is 26.4 Å². The zero-order chi connectivity index (χ0) is 21.5. The van der Waals surface area contributed by atoms with E-state index in [1.54, 1.807) is 6.92 Å². The molecule has 0 saturated carbocycles. The van der Waals surface area contributed by atoms with Gasteiger partial charge in [-0.1, -0.05) is 53.4 Å². The van der Waals surface area contributed by atoms with Gasteiger partial charge in [-0.3, -0.25) is 0 Å². The SMILES string of the molecule is CCCCOCC1OC(C)(O)[C@@H](OCCCC)[C@@H](OCCCC)[C@@H]1OCCCC. The van der Waals surface area contributed by atoms with Gasteiger partial charge in [-0.15, -0.1) is 0 Å². The van der Waals surface area contributed by atoms with Gasteiger partial charge in [0.05, 0.1) is 6.61 Å². The third-order valence-corrected chi connectivity index (χ3v) is 5.24. The molecule has 2 unspecified atom stereocenters. The Morgan fingerprint density at radius 3 is 1.76 bits per heavy atom. The van der Waals surface area contributed by atoms with E-state index in [1.807, 2.05) is 0 Å². The van der Waals surface area contributed by atoms with Crippen molar-refractivity contribution in [2.24, 2.45) is 0 Å². The van der Waals surface area contributed by atoms with Gasteiger partial charge in [0.1, 0.15) is 24.4 Å². The van der Waals surface area contributed by atoms with Crippen molar-refractivity contribution in [3.8, 4) is 0 Å². The van der Waals surface area contributed by atoms with E-state index in [2.05, 4.69) is 27.7 Å². The zero-order valence-corrected chi connectivity index (χ0v) is 19.5. The number of ether oxygens (including phenoxy) is 5. The van der Waals surface area contributed by atoms with Crippen LogP contribution in [0.5, 0.6) is 0 Å². The summed E-state index contributed by atoms with van der Waals surface area (Å²) in [7, 11) is 0. The third-order valence-electron chi connectivity index (χ3n) is 5.24. The molecule has 1 N–H and O–H groups in total. The maximum Gasteiger partial charge on any atom is 0.192 e. The van der Waals surface area contributed by atoms with E-state index in [4.69, 9.17) is 23.7 Å². The lowest BCUT2D eigenvalue weighted by atomic mass is 9.92. The van der Waals surface area contributed by atoms with Gasteiger partial charge in [0.2, 0.25) is 0 Å². The minimum Gasteiger partial charge on any atom is -0.379 e. The highest BCUT2D eigenvalue weighted by atomic mass is 16.7. The summed E-state index contributed by atoms with van der Waals surface area (Å²) >= 11 is 0. The van der Waals surface area contributed by atoms with Crippen molar-refractivity contribution in [2.75, 3.05) is 33.0 Å². The molecular weight excluding hydrogens is 372 g/mol. The van der Waals surface area contributed by atoms with Crippen LogP contribution in [0, 0.1) is 0 Å². The molecule has 1 aliphatic rings. The Bertz CT molecular complexity index is 390. The molecule has 0 bridgehead atoms. The Kier molecular flexibility index (Phi) is 14.4. The van der Waals surface area contributed by atoms with E-state index >= 15 is 0 Å². The highest BCUT2D eigenvalue weighted by molar-refractivity contribution is 4.97. The summed E-state index contributed by atoms with van der Waals surface area (Å²) in [6.07, 6.45) is 6.37. The Morgan fingerprint density at radius 2 is 1.21 bits per heavy atom. The van der Waals surface area contributed by atoms with Crippen LogP contribution in [0.4, 0.5) is 0 Å². The predicted molar refractivity (Wildman–Crippen MR) is 115 cm³/mol. The molecule has 29 heavy (non-hydrogen) atoms. The molecule has 1 heterocycles. The van der Waals surface area contributed by atoms with Crippen LogP contribution in [-0.2, 0) is 23.7 Å². The van der Waals surface area contributed by atoms with E-state index in [0.29, 0.717) is 33.0 Å². The van der Waals surface area contributed by atoms with Gasteiger partial charge in [0.25, 0.3) is 0 Å². The van der Waals surface area contributed by atoms with E-state index in [0.717, 1.165) is 51.4 Å². The molecular formula is C23H46O6. The molecule has 0 amide bonds. The van der Waals surface area contributed by atoms with E-state index in [-0.39, 0.29) is 6.10 Å². The van der Waals surface area contributed by atoms with Crippen LogP contribution < -0.4 is 0 Å². The molecule has 1 rings (SSSR count). The van der Waals surface area contributed by atoms with E-state index in [1.165, 1.54) is 0 Å². The summed E-state index contributed by atoms with van der Waals surface area (Å²) < 4.78 is 30.5. The summed E-state index contributed by atoms with van der Waals surface area (Å²) in [6, 6.07) is 0. The highest BCUT2D eigenvalue weighted by Crippen LogP contribution is 2.34. The minimum absolute atomic E-state index is 0.327. The van der Waals surface area contributed by atoms with Crippen LogP contribution >= 0.6 is 0 Å². The van der Waals surface area contributed by atoms with Crippen LogP contribution in [0.3, 0.4) is 0 Å². The van der Waals surface area contributed by atoms with Crippen LogP contribution in [-0.4, -0.2) is 68.3 Å². The van der Waals surface area contributed by atoms with E-state index < -0.39 is 24.1 Å². The molecule has 0 radical (unpaired) electrons. The van der Waals surface area contributed by atoms with Gasteiger partial charge in [0.15, 0.2) is 5.79 Å². The second-order valence-electron chi connectivity index (χ2n) is 8.16. The fourth-order valence-corrected chi connectivity index (χ4v) is 3.42. The van der Waals surface area contributed by atoms with Crippen molar-refractivity contribution in [1.82, 2.24) is 0 Å². The lowest BCUT2D eigenvalue weighted by Gasteiger charge is -2.49. The number of unbranched alkanes of at least 4 members (excludes halogenated alkanes) is 4. The van der Waals surface area contributed by atoms with Crippen molar-refractivity contribution in [2.45, 2.75) is 116 Å². The number of hydrogen-bond donors (Lipinski definition) is 1. The molecule has 0 spiro atoms. The van der Waals surface area contributed by atoms with Crippen LogP contribution in [0.1, 0.15) is 86.0 Å². The van der Waals surface area contributed by atoms with Crippen LogP contribution in [0.15, 0.2) is 0 Å². The van der Waals surface area contributed by atoms with Crippen molar-refractivity contribution in [3.63, 3.8) is 0 Å². The normalized spacial score (nSPS) is 30.0. The average Bonchev–Trinajstić information content (AvgIpc) is 2.69. The number of hydrogen-bond acceptors (Lipinski definition) is 6. The number of rotatable bonds is 17. The molecule has 174 valence electrons. The predicted octanol–water partition coefficient (Wildman–Crippen LogP) is 4.47. The summed E-state index contributed by atoms with van der Waals surface area (Å²) in [4.78, 5) is 0. The summed E-state index contributed by atoms with van der Waals surface area (Å²) in [6.45, 7) is 13.1. The molecule has 0 aromatic carbocycles. The first-order valence-corrected chi connectivity index (χ1v) is 11.8. The molecule has 5 atom stereocenters. The standard InChI is InChI=1S/C23H46O6/c1-6-10-14-25-18-19-20(26-15-11-7-2)21(27-16-12-8-3)22(23(5,24)29-19)28-17-13-9-4/h19-22,24H,6-18H2,1-5H3/t19?,20-,21+,22+,23?/m1/s1. The molecule has 6 nitrogen and oxygen atoms in total. The summed E-state index contributed by atoms with van der Waals surface area (Å²) in [5, 5.41) is 11.1. The minimum atomic E-state index is -1.45. The molecule has 0 aromatic rings. The largest absolute Gasteiger partial charge is 0.379 e. The van der Waals surface area contributed by atoms with Gasteiger partial charge >= 0.3 is 0 Å². The maximum atomic E-state index is 11.1. The highest BCUT2D eigenvalue weighted by Gasteiger charge is 2.53. The molecule has 1 saturated heterocycles. The fourth-order valence-electron chi connectivity index (χ4n) is 3.42. The zero-order valence-electron chi connectivity index (χ0n) is 19.5. The quantitative estimate of drug-likeness (QED) is 0.352. The Morgan fingerprint density at radius 1 is 0.724 bits per heavy atom. The third kappa shape index (κ3) is 9.62. The molecule has 0 aliphatic carbocycles. The molecule has 1 fully saturated rings.